The van der Waals surface area contributed by atoms with Gasteiger partial charge < -0.3 is 14.7 Å². The van der Waals surface area contributed by atoms with Gasteiger partial charge >= 0.3 is 0 Å². The number of hydrogen-bond acceptors (Lipinski definition) is 5. The molecule has 0 spiro atoms. The quantitative estimate of drug-likeness (QED) is 0.401. The first-order chi connectivity index (χ1) is 11.3. The van der Waals surface area contributed by atoms with Crippen LogP contribution in [0, 0.1) is 0 Å². The van der Waals surface area contributed by atoms with Crippen molar-refractivity contribution in [3.8, 4) is 11.5 Å². The van der Waals surface area contributed by atoms with Crippen LogP contribution >= 0.6 is 0 Å². The Labute approximate surface area is 134 Å². The zero-order chi connectivity index (χ0) is 16.1. The van der Waals surface area contributed by atoms with Crippen molar-refractivity contribution >= 4 is 12.5 Å². The first-order valence-electron chi connectivity index (χ1n) is 7.44. The topological polar surface area (TPSA) is 68.1 Å². The third-order valence-corrected chi connectivity index (χ3v) is 3.77. The number of rotatable bonds is 2. The van der Waals surface area contributed by atoms with Gasteiger partial charge in [-0.1, -0.05) is 5.16 Å². The number of nitrogens with zero attached hydrogens (tertiary/aromatic N) is 1. The van der Waals surface area contributed by atoms with E-state index in [1.807, 2.05) is 30.3 Å². The molecular formula is C18H17NO4. The molecule has 0 aromatic heterocycles. The second-order valence-electron chi connectivity index (χ2n) is 5.29. The van der Waals surface area contributed by atoms with Crippen LogP contribution in [0.4, 0.5) is 0 Å². The van der Waals surface area contributed by atoms with Crippen molar-refractivity contribution in [2.45, 2.75) is 12.8 Å². The van der Waals surface area contributed by atoms with Crippen LogP contribution in [0.15, 0.2) is 41.6 Å². The average molecular weight is 311 g/mol. The molecule has 0 fully saturated rings. The van der Waals surface area contributed by atoms with Crippen LogP contribution in [-0.2, 0) is 12.8 Å². The van der Waals surface area contributed by atoms with E-state index in [9.17, 15) is 4.79 Å². The summed E-state index contributed by atoms with van der Waals surface area (Å²) in [6, 6.07) is 11.3. The summed E-state index contributed by atoms with van der Waals surface area (Å²) in [7, 11) is 0. The van der Waals surface area contributed by atoms with Gasteiger partial charge in [-0.05, 0) is 53.1 Å². The third-order valence-electron chi connectivity index (χ3n) is 3.77. The molecule has 0 saturated carbocycles. The molecule has 0 saturated heterocycles. The minimum absolute atomic E-state index is 0.731. The molecule has 2 aromatic carbocycles. The lowest BCUT2D eigenvalue weighted by Crippen LogP contribution is -1.85. The molecule has 0 atom stereocenters. The largest absolute Gasteiger partial charge is 0.493 e. The lowest BCUT2D eigenvalue weighted by Gasteiger charge is -1.97. The van der Waals surface area contributed by atoms with E-state index in [1.165, 1.54) is 11.8 Å². The van der Waals surface area contributed by atoms with Crippen molar-refractivity contribution in [3.05, 3.63) is 58.7 Å². The lowest BCUT2D eigenvalue weighted by atomic mass is 10.1. The highest BCUT2D eigenvalue weighted by molar-refractivity contribution is 5.79. The zero-order valence-corrected chi connectivity index (χ0v) is 12.6. The molecule has 2 heterocycles. The number of carbonyl (C=O) groups is 1. The monoisotopic (exact) mass is 311 g/mol. The van der Waals surface area contributed by atoms with Crippen molar-refractivity contribution in [1.29, 1.82) is 0 Å². The van der Waals surface area contributed by atoms with Gasteiger partial charge in [0.25, 0.3) is 0 Å². The Bertz CT molecular complexity index is 740. The average Bonchev–Trinajstić information content (AvgIpc) is 3.23. The molecule has 4 rings (SSSR count). The molecule has 0 bridgehead atoms. The summed E-state index contributed by atoms with van der Waals surface area (Å²) in [5, 5.41) is 11.3. The Kier molecular flexibility index (Phi) is 4.57. The van der Waals surface area contributed by atoms with Gasteiger partial charge in [-0.15, -0.1) is 0 Å². The highest BCUT2D eigenvalue weighted by atomic mass is 16.5. The van der Waals surface area contributed by atoms with Gasteiger partial charge in [-0.3, -0.25) is 4.79 Å². The van der Waals surface area contributed by atoms with Crippen LogP contribution in [0.2, 0.25) is 0 Å². The van der Waals surface area contributed by atoms with Crippen LogP contribution in [0.5, 0.6) is 11.5 Å². The molecule has 0 aliphatic carbocycles. The number of oxime groups is 1. The highest BCUT2D eigenvalue weighted by Crippen LogP contribution is 2.25. The van der Waals surface area contributed by atoms with E-state index >= 15 is 0 Å². The van der Waals surface area contributed by atoms with Gasteiger partial charge in [-0.2, -0.15) is 0 Å². The molecule has 0 radical (unpaired) electrons. The maximum Gasteiger partial charge on any atom is 0.150 e. The molecule has 23 heavy (non-hydrogen) atoms. The van der Waals surface area contributed by atoms with E-state index in [0.717, 1.165) is 60.5 Å². The summed E-state index contributed by atoms with van der Waals surface area (Å²) < 4.78 is 10.6. The predicted molar refractivity (Wildman–Crippen MR) is 86.1 cm³/mol. The summed E-state index contributed by atoms with van der Waals surface area (Å²) in [5.74, 6) is 1.88. The second kappa shape index (κ2) is 6.96. The Morgan fingerprint density at radius 3 is 2.04 bits per heavy atom. The minimum atomic E-state index is 0.731. The smallest absolute Gasteiger partial charge is 0.150 e. The fourth-order valence-electron chi connectivity index (χ4n) is 2.63. The number of fused-ring (bicyclic) bond motifs is 2. The predicted octanol–water partition coefficient (Wildman–Crippen LogP) is 2.86. The normalized spacial score (nSPS) is 14.3. The Hall–Kier alpha value is -2.82. The Balaban J connectivity index is 0.000000136. The van der Waals surface area contributed by atoms with Crippen molar-refractivity contribution in [2.24, 2.45) is 5.16 Å². The molecule has 118 valence electrons. The molecule has 2 aliphatic heterocycles. The summed E-state index contributed by atoms with van der Waals surface area (Å²) in [6.07, 6.45) is 4.15. The zero-order valence-electron chi connectivity index (χ0n) is 12.6. The van der Waals surface area contributed by atoms with Crippen LogP contribution in [0.25, 0.3) is 0 Å². The molecule has 2 aliphatic rings. The van der Waals surface area contributed by atoms with E-state index in [0.29, 0.717) is 0 Å². The lowest BCUT2D eigenvalue weighted by molar-refractivity contribution is 0.112. The Morgan fingerprint density at radius 1 is 0.913 bits per heavy atom. The molecule has 0 amide bonds. The van der Waals surface area contributed by atoms with E-state index in [2.05, 4.69) is 5.16 Å². The van der Waals surface area contributed by atoms with Crippen LogP contribution < -0.4 is 9.47 Å². The second-order valence-corrected chi connectivity index (χ2v) is 5.29. The number of benzene rings is 2. The van der Waals surface area contributed by atoms with E-state index in [-0.39, 0.29) is 0 Å². The SMILES string of the molecule is O/N=C\c1ccc2c(c1)CCO2.O=Cc1ccc2c(c1)CCO2. The first kappa shape index (κ1) is 15.1. The summed E-state index contributed by atoms with van der Waals surface area (Å²) in [4.78, 5) is 10.4. The fourth-order valence-corrected chi connectivity index (χ4v) is 2.63. The number of aldehydes is 1. The van der Waals surface area contributed by atoms with Crippen LogP contribution in [-0.4, -0.2) is 30.9 Å². The summed E-state index contributed by atoms with van der Waals surface area (Å²) >= 11 is 0. The molecule has 2 aromatic rings. The highest BCUT2D eigenvalue weighted by Gasteiger charge is 2.11. The number of ether oxygens (including phenoxy) is 2. The van der Waals surface area contributed by atoms with Gasteiger partial charge in [-0.25, -0.2) is 0 Å². The molecule has 0 unspecified atom stereocenters. The molecule has 5 nitrogen and oxygen atoms in total. The molecular weight excluding hydrogens is 294 g/mol. The minimum Gasteiger partial charge on any atom is -0.493 e. The number of hydrogen-bond donors (Lipinski definition) is 1. The standard InChI is InChI=1S/C9H9NO2.C9H8O2/c11-10-6-7-1-2-9-8(5-7)3-4-12-9;10-6-7-1-2-9-8(5-7)3-4-11-9/h1-2,5-6,11H,3-4H2;1-2,5-6H,3-4H2/b10-6-;. The number of carbonyl (C=O) groups excluding carboxylic acids is 1. The maximum atomic E-state index is 10.4. The van der Waals surface area contributed by atoms with E-state index < -0.39 is 0 Å². The van der Waals surface area contributed by atoms with Crippen LogP contribution in [0.1, 0.15) is 27.0 Å². The van der Waals surface area contributed by atoms with Gasteiger partial charge in [0, 0.05) is 18.4 Å². The van der Waals surface area contributed by atoms with E-state index in [4.69, 9.17) is 14.7 Å². The summed E-state index contributed by atoms with van der Waals surface area (Å²) in [5.41, 5.74) is 3.97. The van der Waals surface area contributed by atoms with Crippen molar-refractivity contribution < 1.29 is 19.5 Å². The third kappa shape index (κ3) is 3.51. The summed E-state index contributed by atoms with van der Waals surface area (Å²) in [6.45, 7) is 1.51. The Morgan fingerprint density at radius 2 is 1.48 bits per heavy atom. The van der Waals surface area contributed by atoms with Gasteiger partial charge in [0.15, 0.2) is 0 Å². The van der Waals surface area contributed by atoms with Crippen LogP contribution in [0.3, 0.4) is 0 Å². The van der Waals surface area contributed by atoms with Gasteiger partial charge in [0.1, 0.15) is 17.8 Å². The van der Waals surface area contributed by atoms with Gasteiger partial charge in [0.05, 0.1) is 19.4 Å². The molecule has 1 N–H and O–H groups in total. The maximum absolute atomic E-state index is 10.4. The van der Waals surface area contributed by atoms with Gasteiger partial charge in [0.2, 0.25) is 0 Å². The first-order valence-corrected chi connectivity index (χ1v) is 7.44. The fraction of sp³-hybridized carbons (Fsp3) is 0.222. The van der Waals surface area contributed by atoms with Crippen molar-refractivity contribution in [1.82, 2.24) is 0 Å². The van der Waals surface area contributed by atoms with Crippen molar-refractivity contribution in [3.63, 3.8) is 0 Å². The van der Waals surface area contributed by atoms with Crippen molar-refractivity contribution in [2.75, 3.05) is 13.2 Å². The molecule has 5 heteroatoms. The van der Waals surface area contributed by atoms with E-state index in [1.54, 1.807) is 6.07 Å².